The van der Waals surface area contributed by atoms with Gasteiger partial charge in [-0.2, -0.15) is 13.2 Å². The van der Waals surface area contributed by atoms with Gasteiger partial charge in [-0.05, 0) is 54.2 Å². The van der Waals surface area contributed by atoms with Crippen molar-refractivity contribution in [1.29, 1.82) is 0 Å². The summed E-state index contributed by atoms with van der Waals surface area (Å²) >= 11 is 6.81. The van der Waals surface area contributed by atoms with Gasteiger partial charge in [-0.3, -0.25) is 5.10 Å². The number of rotatable bonds is 7. The first-order chi connectivity index (χ1) is 16.6. The van der Waals surface area contributed by atoms with Crippen LogP contribution in [0.1, 0.15) is 11.3 Å². The van der Waals surface area contributed by atoms with Gasteiger partial charge in [-0.15, -0.1) is 5.10 Å². The van der Waals surface area contributed by atoms with Gasteiger partial charge in [0.1, 0.15) is 22.2 Å². The van der Waals surface area contributed by atoms with Gasteiger partial charge in [-0.1, -0.05) is 23.7 Å². The Bertz CT molecular complexity index is 1420. The van der Waals surface area contributed by atoms with Crippen LogP contribution in [0.25, 0.3) is 28.8 Å². The highest BCUT2D eigenvalue weighted by Crippen LogP contribution is 2.35. The fraction of sp³-hybridized carbons (Fsp3) is 0.0870. The third-order valence-corrected chi connectivity index (χ3v) is 5.78. The molecule has 0 radical (unpaired) electrons. The first-order valence-electron chi connectivity index (χ1n) is 9.80. The van der Waals surface area contributed by atoms with Crippen molar-refractivity contribution in [1.82, 2.24) is 15.2 Å². The number of aromatic nitrogens is 3. The topological polar surface area (TPSA) is 101 Å². The molecule has 2 N–H and O–H groups in total. The fourth-order valence-corrected chi connectivity index (χ4v) is 3.93. The summed E-state index contributed by atoms with van der Waals surface area (Å²) in [7, 11) is 1.49. The molecule has 2 aromatic carbocycles. The van der Waals surface area contributed by atoms with Crippen LogP contribution >= 0.6 is 23.4 Å². The van der Waals surface area contributed by atoms with Crippen LogP contribution in [0.3, 0.4) is 0 Å². The smallest absolute Gasteiger partial charge is 0.416 e. The number of halogens is 4. The quantitative estimate of drug-likeness (QED) is 0.208. The number of aliphatic carboxylic acids is 1. The number of ether oxygens (including phenoxy) is 1. The number of hydrogen-bond donors (Lipinski definition) is 2. The molecular formula is C23H15ClF3N3O4S. The lowest BCUT2D eigenvalue weighted by Crippen LogP contribution is -2.04. The molecule has 0 saturated heterocycles. The molecule has 0 aliphatic heterocycles. The molecule has 0 saturated carbocycles. The Morgan fingerprint density at radius 2 is 2.00 bits per heavy atom. The molecule has 35 heavy (non-hydrogen) atoms. The molecular weight excluding hydrogens is 507 g/mol. The normalized spacial score (nSPS) is 12.1. The van der Waals surface area contributed by atoms with Crippen LogP contribution in [-0.4, -0.2) is 33.4 Å². The number of aromatic amines is 1. The Morgan fingerprint density at radius 3 is 2.71 bits per heavy atom. The van der Waals surface area contributed by atoms with Gasteiger partial charge in [0.2, 0.25) is 5.16 Å². The number of methoxy groups -OCH3 is 1. The minimum absolute atomic E-state index is 0.111. The summed E-state index contributed by atoms with van der Waals surface area (Å²) in [6.45, 7) is 0. The van der Waals surface area contributed by atoms with E-state index < -0.39 is 17.7 Å². The van der Waals surface area contributed by atoms with Crippen molar-refractivity contribution in [2.24, 2.45) is 0 Å². The zero-order valence-electron chi connectivity index (χ0n) is 17.8. The Labute approximate surface area is 205 Å². The molecule has 0 aliphatic carbocycles. The Balaban J connectivity index is 1.58. The fourth-order valence-electron chi connectivity index (χ4n) is 3.07. The second kappa shape index (κ2) is 9.88. The first kappa shape index (κ1) is 24.4. The van der Waals surface area contributed by atoms with Crippen molar-refractivity contribution in [3.05, 3.63) is 75.8 Å². The van der Waals surface area contributed by atoms with E-state index in [9.17, 15) is 23.1 Å². The number of thioether (sulfide) groups is 1. The highest BCUT2D eigenvalue weighted by Gasteiger charge is 2.30. The van der Waals surface area contributed by atoms with Crippen molar-refractivity contribution in [3.8, 4) is 28.5 Å². The van der Waals surface area contributed by atoms with E-state index in [1.54, 1.807) is 18.2 Å². The Morgan fingerprint density at radius 1 is 1.20 bits per heavy atom. The Hall–Kier alpha value is -3.70. The van der Waals surface area contributed by atoms with Crippen LogP contribution in [-0.2, 0) is 11.0 Å². The number of carboxylic acid groups (broad SMARTS) is 1. The van der Waals surface area contributed by atoms with E-state index in [1.807, 2.05) is 0 Å². The summed E-state index contributed by atoms with van der Waals surface area (Å²) in [6, 6.07) is 12.5. The van der Waals surface area contributed by atoms with Gasteiger partial charge in [0, 0.05) is 16.7 Å². The summed E-state index contributed by atoms with van der Waals surface area (Å²) in [5.74, 6) is -0.158. The van der Waals surface area contributed by atoms with Crippen LogP contribution in [0.15, 0.2) is 69.1 Å². The third kappa shape index (κ3) is 5.69. The van der Waals surface area contributed by atoms with E-state index in [2.05, 4.69) is 15.2 Å². The van der Waals surface area contributed by atoms with Gasteiger partial charge >= 0.3 is 12.1 Å². The second-order valence-electron chi connectivity index (χ2n) is 7.01. The molecule has 2 heterocycles. The van der Waals surface area contributed by atoms with Crippen LogP contribution in [0.2, 0.25) is 5.02 Å². The largest absolute Gasteiger partial charge is 0.496 e. The minimum atomic E-state index is -4.50. The van der Waals surface area contributed by atoms with Gasteiger partial charge in [-0.25, -0.2) is 9.78 Å². The SMILES string of the molecule is COc1ccc(Cl)cc1-c1nc(S/C(=C\c2ccc(-c3cccc(C(F)(F)F)c3)o2)C(=O)O)n[nH]1. The molecule has 0 atom stereocenters. The maximum Gasteiger partial charge on any atom is 0.416 e. The lowest BCUT2D eigenvalue weighted by atomic mass is 10.1. The summed E-state index contributed by atoms with van der Waals surface area (Å²) < 4.78 is 49.8. The van der Waals surface area contributed by atoms with Crippen molar-refractivity contribution in [2.75, 3.05) is 7.11 Å². The lowest BCUT2D eigenvalue weighted by Gasteiger charge is -2.07. The van der Waals surface area contributed by atoms with Crippen molar-refractivity contribution in [3.63, 3.8) is 0 Å². The molecule has 12 heteroatoms. The number of carbonyl (C=O) groups is 1. The average molecular weight is 522 g/mol. The molecule has 4 rings (SSSR count). The number of nitrogens with zero attached hydrogens (tertiary/aromatic N) is 2. The number of nitrogens with one attached hydrogen (secondary N) is 1. The first-order valence-corrected chi connectivity index (χ1v) is 11.0. The van der Waals surface area contributed by atoms with Gasteiger partial charge < -0.3 is 14.3 Å². The third-order valence-electron chi connectivity index (χ3n) is 4.67. The van der Waals surface area contributed by atoms with Crippen LogP contribution < -0.4 is 4.74 Å². The maximum absolute atomic E-state index is 13.0. The highest BCUT2D eigenvalue weighted by molar-refractivity contribution is 8.04. The molecule has 4 aromatic rings. The van der Waals surface area contributed by atoms with Crippen molar-refractivity contribution >= 4 is 35.4 Å². The van der Waals surface area contributed by atoms with Gasteiger partial charge in [0.25, 0.3) is 0 Å². The average Bonchev–Trinajstić information content (AvgIpc) is 3.48. The summed E-state index contributed by atoms with van der Waals surface area (Å²) in [5.41, 5.74) is -0.0722. The molecule has 0 aliphatic rings. The van der Waals surface area contributed by atoms with E-state index in [0.29, 0.717) is 22.2 Å². The molecule has 0 spiro atoms. The molecule has 7 nitrogen and oxygen atoms in total. The van der Waals surface area contributed by atoms with E-state index >= 15 is 0 Å². The highest BCUT2D eigenvalue weighted by atomic mass is 35.5. The molecule has 180 valence electrons. The molecule has 2 aromatic heterocycles. The lowest BCUT2D eigenvalue weighted by molar-refractivity contribution is -0.137. The van der Waals surface area contributed by atoms with Crippen LogP contribution in [0.4, 0.5) is 13.2 Å². The summed E-state index contributed by atoms with van der Waals surface area (Å²) in [5, 5.41) is 16.9. The number of furan rings is 1. The number of hydrogen-bond acceptors (Lipinski definition) is 6. The van der Waals surface area contributed by atoms with Crippen molar-refractivity contribution in [2.45, 2.75) is 11.3 Å². The number of H-pyrrole nitrogens is 1. The summed E-state index contributed by atoms with van der Waals surface area (Å²) in [4.78, 5) is 15.9. The molecule has 0 amide bonds. The monoisotopic (exact) mass is 521 g/mol. The molecule has 0 unspecified atom stereocenters. The van der Waals surface area contributed by atoms with E-state index in [4.69, 9.17) is 20.8 Å². The van der Waals surface area contributed by atoms with E-state index in [0.717, 1.165) is 23.9 Å². The zero-order valence-corrected chi connectivity index (χ0v) is 19.3. The van der Waals surface area contributed by atoms with Crippen LogP contribution in [0.5, 0.6) is 5.75 Å². The predicted octanol–water partition coefficient (Wildman–Crippen LogP) is 6.63. The van der Waals surface area contributed by atoms with Crippen LogP contribution in [0, 0.1) is 0 Å². The molecule has 0 fully saturated rings. The van der Waals surface area contributed by atoms with Gasteiger partial charge in [0.05, 0.1) is 18.2 Å². The maximum atomic E-state index is 13.0. The number of alkyl halides is 3. The van der Waals surface area contributed by atoms with Crippen molar-refractivity contribution < 1.29 is 32.2 Å². The molecule has 0 bridgehead atoms. The standard InChI is InChI=1S/C23H15ClF3N3O4S/c1-33-18-7-5-14(24)10-16(18)20-28-22(30-29-20)35-19(21(31)32)11-15-6-8-17(34-15)12-3-2-4-13(9-12)23(25,26)27/h2-11H,1H3,(H,31,32)(H,28,29,30)/b19-11-. The predicted molar refractivity (Wildman–Crippen MR) is 124 cm³/mol. The zero-order chi connectivity index (χ0) is 25.2. The second-order valence-corrected chi connectivity index (χ2v) is 8.45. The Kier molecular flexibility index (Phi) is 6.90. The summed E-state index contributed by atoms with van der Waals surface area (Å²) in [6.07, 6.45) is -3.26. The number of carboxylic acids is 1. The number of benzene rings is 2. The van der Waals surface area contributed by atoms with Gasteiger partial charge in [0.15, 0.2) is 5.82 Å². The minimum Gasteiger partial charge on any atom is -0.496 e. The van der Waals surface area contributed by atoms with E-state index in [1.165, 1.54) is 37.5 Å². The van der Waals surface area contributed by atoms with E-state index in [-0.39, 0.29) is 27.1 Å².